The smallest absolute Gasteiger partial charge is 0.0433 e. The summed E-state index contributed by atoms with van der Waals surface area (Å²) < 4.78 is 2.71. The van der Waals surface area contributed by atoms with Gasteiger partial charge in [0.05, 0.1) is 0 Å². The van der Waals surface area contributed by atoms with Crippen molar-refractivity contribution < 1.29 is 0 Å². The van der Waals surface area contributed by atoms with E-state index in [-0.39, 0.29) is 10.8 Å². The monoisotopic (exact) mass is 1380 g/mol. The molecule has 17 aromatic rings. The SMILES string of the molecule is c1ccc(-c2ccc(-c3c4ccccc4c(-c4ccc5c(c4)C4(c6ccccc6-5)C5CC6CC(C5)CC4C6)c4ccccc34)c3ccccc23)cc1.c1ccc2c(c1)-c1ccc(-c3c4ccccc4c(-c4ccc(-c5cccc6c5sc5ccccc56)cc4)c4ccccc34)cc1C21C2CC3CC(C2)CC1C3. The minimum Gasteiger partial charge on any atom is -0.135 e. The summed E-state index contributed by atoms with van der Waals surface area (Å²) in [5.41, 5.74) is 28.6. The van der Waals surface area contributed by atoms with Crippen LogP contribution in [0.4, 0.5) is 0 Å². The Morgan fingerprint density at radius 1 is 0.196 bits per heavy atom. The van der Waals surface area contributed by atoms with Crippen molar-refractivity contribution in [3.63, 3.8) is 0 Å². The zero-order chi connectivity index (χ0) is 69.8. The first-order valence-electron chi connectivity index (χ1n) is 40.0. The van der Waals surface area contributed by atoms with Crippen molar-refractivity contribution in [1.82, 2.24) is 0 Å². The maximum Gasteiger partial charge on any atom is 0.0433 e. The van der Waals surface area contributed by atoms with Gasteiger partial charge < -0.3 is 0 Å². The van der Waals surface area contributed by atoms with Gasteiger partial charge in [0.25, 0.3) is 0 Å². The van der Waals surface area contributed by atoms with Gasteiger partial charge in [0.1, 0.15) is 0 Å². The molecular formula is C106H80S. The summed E-state index contributed by atoms with van der Waals surface area (Å²) in [7, 11) is 0. The average molecular weight is 1390 g/mol. The van der Waals surface area contributed by atoms with E-state index in [1.165, 1.54) is 227 Å². The molecule has 2 spiro atoms. The molecule has 0 nitrogen and oxygen atoms in total. The second-order valence-electron chi connectivity index (χ2n) is 33.6. The van der Waals surface area contributed by atoms with Crippen molar-refractivity contribution in [1.29, 1.82) is 0 Å². The minimum absolute atomic E-state index is 0.153. The van der Waals surface area contributed by atoms with Gasteiger partial charge in [-0.25, -0.2) is 0 Å². The molecule has 0 saturated heterocycles. The van der Waals surface area contributed by atoms with E-state index in [0.29, 0.717) is 0 Å². The summed E-state index contributed by atoms with van der Waals surface area (Å²) in [5.74, 6) is 6.76. The van der Waals surface area contributed by atoms with Crippen molar-refractivity contribution in [2.24, 2.45) is 47.3 Å². The molecule has 1 heterocycles. The van der Waals surface area contributed by atoms with Gasteiger partial charge in [0.15, 0.2) is 0 Å². The fourth-order valence-electron chi connectivity index (χ4n) is 25.3. The Labute approximate surface area is 630 Å². The molecule has 0 atom stereocenters. The zero-order valence-electron chi connectivity index (χ0n) is 60.1. The van der Waals surface area contributed by atoms with Crippen LogP contribution in [0.2, 0.25) is 0 Å². The van der Waals surface area contributed by atoms with Crippen LogP contribution < -0.4 is 0 Å². The van der Waals surface area contributed by atoms with E-state index in [9.17, 15) is 0 Å². The van der Waals surface area contributed by atoms with E-state index < -0.39 is 0 Å². The van der Waals surface area contributed by atoms with Gasteiger partial charge in [-0.05, 0) is 295 Å². The van der Waals surface area contributed by atoms with E-state index in [2.05, 4.69) is 315 Å². The summed E-state index contributed by atoms with van der Waals surface area (Å²) in [6, 6.07) is 121. The third kappa shape index (κ3) is 8.67. The van der Waals surface area contributed by atoms with Gasteiger partial charge in [-0.3, -0.25) is 0 Å². The summed E-state index contributed by atoms with van der Waals surface area (Å²) >= 11 is 1.90. The topological polar surface area (TPSA) is 0 Å². The Balaban J connectivity index is 0.000000127. The molecule has 107 heavy (non-hydrogen) atoms. The number of rotatable bonds is 6. The molecule has 0 radical (unpaired) electrons. The molecule has 8 bridgehead atoms. The fraction of sp³-hybridized carbons (Fsp3) is 0.189. The van der Waals surface area contributed by atoms with Gasteiger partial charge in [0, 0.05) is 31.0 Å². The van der Waals surface area contributed by atoms with E-state index in [0.717, 1.165) is 47.3 Å². The molecule has 1 heteroatoms. The minimum atomic E-state index is 0.153. The van der Waals surface area contributed by atoms with Crippen LogP contribution in [0, 0.1) is 47.3 Å². The van der Waals surface area contributed by atoms with Crippen LogP contribution >= 0.6 is 11.3 Å². The second kappa shape index (κ2) is 23.3. The highest BCUT2D eigenvalue weighted by Crippen LogP contribution is 2.72. The first-order valence-corrected chi connectivity index (χ1v) is 40.8. The predicted molar refractivity (Wildman–Crippen MR) is 452 cm³/mol. The van der Waals surface area contributed by atoms with Gasteiger partial charge in [-0.2, -0.15) is 0 Å². The fourth-order valence-corrected chi connectivity index (χ4v) is 26.5. The van der Waals surface area contributed by atoms with Crippen molar-refractivity contribution in [3.05, 3.63) is 338 Å². The first-order chi connectivity index (χ1) is 53.0. The van der Waals surface area contributed by atoms with Crippen LogP contribution in [0.25, 0.3) is 163 Å². The third-order valence-electron chi connectivity index (χ3n) is 28.7. The van der Waals surface area contributed by atoms with Crippen molar-refractivity contribution in [2.75, 3.05) is 0 Å². The Bertz CT molecular complexity index is 6430. The molecule has 510 valence electrons. The van der Waals surface area contributed by atoms with Gasteiger partial charge in [-0.15, -0.1) is 11.3 Å². The highest BCUT2D eigenvalue weighted by molar-refractivity contribution is 7.26. The van der Waals surface area contributed by atoms with Crippen LogP contribution in [0.5, 0.6) is 0 Å². The molecule has 8 fully saturated rings. The van der Waals surface area contributed by atoms with E-state index >= 15 is 0 Å². The van der Waals surface area contributed by atoms with Gasteiger partial charge in [-0.1, -0.05) is 297 Å². The maximum absolute atomic E-state index is 2.68. The third-order valence-corrected chi connectivity index (χ3v) is 29.9. The molecule has 8 saturated carbocycles. The average Bonchev–Trinajstić information content (AvgIpc) is 1.54. The molecule has 0 N–H and O–H groups in total. The summed E-state index contributed by atoms with van der Waals surface area (Å²) in [6.07, 6.45) is 14.2. The second-order valence-corrected chi connectivity index (χ2v) is 34.6. The zero-order valence-corrected chi connectivity index (χ0v) is 60.9. The number of hydrogen-bond acceptors (Lipinski definition) is 1. The summed E-state index contributed by atoms with van der Waals surface area (Å²) in [6.45, 7) is 0. The highest BCUT2D eigenvalue weighted by Gasteiger charge is 2.63. The van der Waals surface area contributed by atoms with Crippen molar-refractivity contribution in [3.8, 4) is 89.0 Å². The van der Waals surface area contributed by atoms with Crippen molar-refractivity contribution in [2.45, 2.75) is 75.0 Å². The molecular weight excluding hydrogens is 1310 g/mol. The standard InChI is InChI=1S/C54H40S.C52H40/c1-3-14-45-43(12-1)51(35-22-20-34(21-23-35)39-16-9-17-47-42-11-6-8-19-50(42)55-53(39)47)44-13-2-4-15-46(44)52(45)36-24-25-41-40-10-5-7-18-48(40)54(49(41)31-36)37-27-32-26-33(29-37)30-38(54)28-32;1-2-12-34(13-3-1)38-24-25-47(40-15-5-4-14-39(38)40)51-45-19-8-6-17-43(45)50(44-18-7-9-20-46(44)51)35-22-23-42-41-16-10-11-21-48(41)52(49(42)31-35)36-27-32-26-33(29-36)30-37(52)28-32/h1-25,31-33,37-38H,26-30H2;1-25,31-33,36-37H,26-30H2. The molecule has 16 aromatic carbocycles. The number of thiophene rings is 1. The lowest BCUT2D eigenvalue weighted by atomic mass is 9.43. The van der Waals surface area contributed by atoms with Crippen molar-refractivity contribution >= 4 is 85.4 Å². The maximum atomic E-state index is 2.68. The first kappa shape index (κ1) is 61.2. The lowest BCUT2D eigenvalue weighted by molar-refractivity contribution is -0.0399. The Hall–Kier alpha value is -11.0. The van der Waals surface area contributed by atoms with Crippen LogP contribution in [-0.2, 0) is 10.8 Å². The number of benzene rings is 16. The normalized spacial score (nSPS) is 23.6. The largest absolute Gasteiger partial charge is 0.135 e. The molecule has 27 rings (SSSR count). The summed E-state index contributed by atoms with van der Waals surface area (Å²) in [5, 5.41) is 15.9. The number of fused-ring (bicyclic) bond motifs is 14. The molecule has 0 unspecified atom stereocenters. The van der Waals surface area contributed by atoms with Crippen LogP contribution in [0.15, 0.2) is 315 Å². The Morgan fingerprint density at radius 3 is 0.991 bits per heavy atom. The Kier molecular flexibility index (Phi) is 13.3. The lowest BCUT2D eigenvalue weighted by Gasteiger charge is -2.61. The number of hydrogen-bond donors (Lipinski definition) is 0. The van der Waals surface area contributed by atoms with E-state index in [1.807, 2.05) is 11.3 Å². The molecule has 0 amide bonds. The highest BCUT2D eigenvalue weighted by atomic mass is 32.1. The summed E-state index contributed by atoms with van der Waals surface area (Å²) in [4.78, 5) is 0. The van der Waals surface area contributed by atoms with Crippen LogP contribution in [0.1, 0.15) is 86.5 Å². The molecule has 1 aromatic heterocycles. The van der Waals surface area contributed by atoms with E-state index in [4.69, 9.17) is 0 Å². The lowest BCUT2D eigenvalue weighted by Crippen LogP contribution is -2.55. The Morgan fingerprint density at radius 2 is 0.514 bits per heavy atom. The van der Waals surface area contributed by atoms with Crippen LogP contribution in [-0.4, -0.2) is 0 Å². The van der Waals surface area contributed by atoms with Gasteiger partial charge >= 0.3 is 0 Å². The predicted octanol–water partition coefficient (Wildman–Crippen LogP) is 29.0. The molecule has 0 aliphatic heterocycles. The quantitative estimate of drug-likeness (QED) is 0.146. The van der Waals surface area contributed by atoms with Gasteiger partial charge in [0.2, 0.25) is 0 Å². The van der Waals surface area contributed by atoms with E-state index in [1.54, 1.807) is 22.3 Å². The molecule has 10 aliphatic rings. The van der Waals surface area contributed by atoms with Crippen LogP contribution in [0.3, 0.4) is 0 Å². The molecule has 10 aliphatic carbocycles.